The second-order valence-electron chi connectivity index (χ2n) is 5.00. The van der Waals surface area contributed by atoms with Gasteiger partial charge in [-0.3, -0.25) is 0 Å². The smallest absolute Gasteiger partial charge is 0.241 e. The molecular formula is C13H18BrNO3S. The highest BCUT2D eigenvalue weighted by Gasteiger charge is 2.27. The Balaban J connectivity index is 2.12. The standard InChI is InChI=1S/C13H18BrNO3S/c1-9-4-2-7-12(13(9)14)19(17,18)15-8-10-5-3-6-11(10)16/h2,4,7,10-11,15-16H,3,5-6,8H2,1H3/t10-,11-/m1/s1. The summed E-state index contributed by atoms with van der Waals surface area (Å²) in [5, 5.41) is 9.71. The van der Waals surface area contributed by atoms with Gasteiger partial charge in [-0.2, -0.15) is 0 Å². The fourth-order valence-corrected chi connectivity index (χ4v) is 4.53. The van der Waals surface area contributed by atoms with E-state index in [4.69, 9.17) is 0 Å². The molecule has 1 aliphatic rings. The zero-order valence-electron chi connectivity index (χ0n) is 10.8. The Bertz CT molecular complexity index is 559. The van der Waals surface area contributed by atoms with Gasteiger partial charge in [0.15, 0.2) is 0 Å². The molecule has 4 nitrogen and oxygen atoms in total. The van der Waals surface area contributed by atoms with Gasteiger partial charge in [-0.1, -0.05) is 18.6 Å². The van der Waals surface area contributed by atoms with Gasteiger partial charge in [0.25, 0.3) is 0 Å². The molecule has 0 aliphatic heterocycles. The van der Waals surface area contributed by atoms with Crippen LogP contribution in [0.5, 0.6) is 0 Å². The summed E-state index contributed by atoms with van der Waals surface area (Å²) >= 11 is 3.31. The molecule has 19 heavy (non-hydrogen) atoms. The highest BCUT2D eigenvalue weighted by atomic mass is 79.9. The first-order valence-corrected chi connectivity index (χ1v) is 8.62. The van der Waals surface area contributed by atoms with Crippen LogP contribution < -0.4 is 4.72 Å². The predicted molar refractivity (Wildman–Crippen MR) is 77.4 cm³/mol. The van der Waals surface area contributed by atoms with Crippen LogP contribution in [0.15, 0.2) is 27.6 Å². The van der Waals surface area contributed by atoms with Crippen molar-refractivity contribution in [3.05, 3.63) is 28.2 Å². The summed E-state index contributed by atoms with van der Waals surface area (Å²) < 4.78 is 27.7. The lowest BCUT2D eigenvalue weighted by Gasteiger charge is -2.16. The fraction of sp³-hybridized carbons (Fsp3) is 0.538. The first-order chi connectivity index (χ1) is 8.92. The van der Waals surface area contributed by atoms with E-state index in [1.165, 1.54) is 0 Å². The zero-order valence-corrected chi connectivity index (χ0v) is 13.2. The highest BCUT2D eigenvalue weighted by molar-refractivity contribution is 9.10. The molecule has 1 fully saturated rings. The van der Waals surface area contributed by atoms with Crippen LogP contribution in [0.25, 0.3) is 0 Å². The largest absolute Gasteiger partial charge is 0.393 e. The van der Waals surface area contributed by atoms with Gasteiger partial charge in [-0.25, -0.2) is 13.1 Å². The van der Waals surface area contributed by atoms with E-state index < -0.39 is 10.0 Å². The average molecular weight is 348 g/mol. The van der Waals surface area contributed by atoms with Gasteiger partial charge < -0.3 is 5.11 Å². The lowest BCUT2D eigenvalue weighted by molar-refractivity contribution is 0.134. The van der Waals surface area contributed by atoms with Crippen molar-refractivity contribution < 1.29 is 13.5 Å². The quantitative estimate of drug-likeness (QED) is 0.877. The Morgan fingerprint density at radius 3 is 2.79 bits per heavy atom. The summed E-state index contributed by atoms with van der Waals surface area (Å²) in [5.41, 5.74) is 0.878. The van der Waals surface area contributed by atoms with E-state index in [-0.39, 0.29) is 16.9 Å². The topological polar surface area (TPSA) is 66.4 Å². The van der Waals surface area contributed by atoms with Gasteiger partial charge in [0.2, 0.25) is 10.0 Å². The fourth-order valence-electron chi connectivity index (χ4n) is 2.38. The van der Waals surface area contributed by atoms with Gasteiger partial charge in [0.05, 0.1) is 11.0 Å². The molecular weight excluding hydrogens is 330 g/mol. The van der Waals surface area contributed by atoms with Gasteiger partial charge >= 0.3 is 0 Å². The molecule has 1 aromatic carbocycles. The van der Waals surface area contributed by atoms with E-state index in [0.29, 0.717) is 11.0 Å². The molecule has 0 aromatic heterocycles. The molecule has 0 bridgehead atoms. The molecule has 0 spiro atoms. The van der Waals surface area contributed by atoms with E-state index in [9.17, 15) is 13.5 Å². The first-order valence-electron chi connectivity index (χ1n) is 6.34. The number of benzene rings is 1. The highest BCUT2D eigenvalue weighted by Crippen LogP contribution is 2.27. The molecule has 2 N–H and O–H groups in total. The van der Waals surface area contributed by atoms with Crippen LogP contribution in [0, 0.1) is 12.8 Å². The Morgan fingerprint density at radius 1 is 1.42 bits per heavy atom. The number of hydrogen-bond donors (Lipinski definition) is 2. The molecule has 6 heteroatoms. The minimum absolute atomic E-state index is 0.0263. The minimum atomic E-state index is -3.53. The van der Waals surface area contributed by atoms with Crippen LogP contribution in [-0.2, 0) is 10.0 Å². The molecule has 1 saturated carbocycles. The molecule has 0 saturated heterocycles. The second-order valence-corrected chi connectivity index (χ2v) is 7.53. The molecule has 0 unspecified atom stereocenters. The zero-order chi connectivity index (χ0) is 14.0. The van der Waals surface area contributed by atoms with Gasteiger partial charge in [-0.05, 0) is 53.2 Å². The molecule has 0 radical (unpaired) electrons. The third-order valence-electron chi connectivity index (χ3n) is 3.60. The SMILES string of the molecule is Cc1cccc(S(=O)(=O)NC[C@H]2CCC[C@H]2O)c1Br. The Hall–Kier alpha value is -0.430. The Morgan fingerprint density at radius 2 is 2.16 bits per heavy atom. The number of halogens is 1. The third-order valence-corrected chi connectivity index (χ3v) is 6.38. The summed E-state index contributed by atoms with van der Waals surface area (Å²) in [6.07, 6.45) is 2.21. The Labute approximate surface area is 122 Å². The summed E-state index contributed by atoms with van der Waals surface area (Å²) in [7, 11) is -3.53. The van der Waals surface area contributed by atoms with Crippen molar-refractivity contribution in [3.8, 4) is 0 Å². The van der Waals surface area contributed by atoms with E-state index in [1.807, 2.05) is 13.0 Å². The van der Waals surface area contributed by atoms with E-state index >= 15 is 0 Å². The first kappa shape index (κ1) is 15.0. The lowest BCUT2D eigenvalue weighted by Crippen LogP contribution is -2.32. The predicted octanol–water partition coefficient (Wildman–Crippen LogP) is 2.20. The normalized spacial score (nSPS) is 23.7. The van der Waals surface area contributed by atoms with E-state index in [0.717, 1.165) is 24.8 Å². The van der Waals surface area contributed by atoms with Crippen LogP contribution in [0.3, 0.4) is 0 Å². The Kier molecular flexibility index (Phi) is 4.66. The lowest BCUT2D eigenvalue weighted by atomic mass is 10.1. The number of aryl methyl sites for hydroxylation is 1. The van der Waals surface area contributed by atoms with Crippen LogP contribution in [0.2, 0.25) is 0 Å². The van der Waals surface area contributed by atoms with Crippen molar-refractivity contribution in [1.82, 2.24) is 4.72 Å². The van der Waals surface area contributed by atoms with Crippen molar-refractivity contribution >= 4 is 26.0 Å². The molecule has 0 amide bonds. The van der Waals surface area contributed by atoms with Crippen LogP contribution in [0.4, 0.5) is 0 Å². The molecule has 1 aromatic rings. The molecule has 106 valence electrons. The average Bonchev–Trinajstić information content (AvgIpc) is 2.76. The van der Waals surface area contributed by atoms with Gasteiger partial charge in [0, 0.05) is 11.0 Å². The van der Waals surface area contributed by atoms with Crippen LogP contribution >= 0.6 is 15.9 Å². The molecule has 0 heterocycles. The second kappa shape index (κ2) is 5.91. The maximum absolute atomic E-state index is 12.2. The molecule has 2 atom stereocenters. The number of rotatable bonds is 4. The van der Waals surface area contributed by atoms with Crippen molar-refractivity contribution in [2.45, 2.75) is 37.2 Å². The van der Waals surface area contributed by atoms with Crippen molar-refractivity contribution in [3.63, 3.8) is 0 Å². The number of hydrogen-bond acceptors (Lipinski definition) is 3. The van der Waals surface area contributed by atoms with Crippen molar-refractivity contribution in [1.29, 1.82) is 0 Å². The van der Waals surface area contributed by atoms with E-state index in [2.05, 4.69) is 20.7 Å². The van der Waals surface area contributed by atoms with Crippen LogP contribution in [-0.4, -0.2) is 26.2 Å². The summed E-state index contributed by atoms with van der Waals surface area (Å²) in [6.45, 7) is 2.15. The van der Waals surface area contributed by atoms with Crippen molar-refractivity contribution in [2.75, 3.05) is 6.54 Å². The number of aliphatic hydroxyl groups is 1. The molecule has 2 rings (SSSR count). The van der Waals surface area contributed by atoms with E-state index in [1.54, 1.807) is 12.1 Å². The monoisotopic (exact) mass is 347 g/mol. The number of nitrogens with one attached hydrogen (secondary N) is 1. The number of sulfonamides is 1. The maximum Gasteiger partial charge on any atom is 0.241 e. The van der Waals surface area contributed by atoms with Gasteiger partial charge in [0.1, 0.15) is 0 Å². The maximum atomic E-state index is 12.2. The molecule has 1 aliphatic carbocycles. The summed E-state index contributed by atoms with van der Waals surface area (Å²) in [6, 6.07) is 5.15. The minimum Gasteiger partial charge on any atom is -0.393 e. The third kappa shape index (κ3) is 3.37. The summed E-state index contributed by atoms with van der Waals surface area (Å²) in [5.74, 6) is 0.0263. The van der Waals surface area contributed by atoms with Crippen LogP contribution in [0.1, 0.15) is 24.8 Å². The number of aliphatic hydroxyl groups excluding tert-OH is 1. The van der Waals surface area contributed by atoms with Crippen molar-refractivity contribution in [2.24, 2.45) is 5.92 Å². The summed E-state index contributed by atoms with van der Waals surface area (Å²) in [4.78, 5) is 0.250. The van der Waals surface area contributed by atoms with Gasteiger partial charge in [-0.15, -0.1) is 0 Å².